The number of carbonyl (C=O) groups is 2. The highest BCUT2D eigenvalue weighted by atomic mass is 19.4. The van der Waals surface area contributed by atoms with Crippen LogP contribution in [0, 0.1) is 0 Å². The smallest absolute Gasteiger partial charge is 0.422 e. The van der Waals surface area contributed by atoms with E-state index in [2.05, 4.69) is 5.32 Å². The fraction of sp³-hybridized carbons (Fsp3) is 0.391. The number of alkyl halides is 3. The Balaban J connectivity index is 1.60. The maximum Gasteiger partial charge on any atom is 0.422 e. The number of aryl methyl sites for hydroxylation is 2. The maximum atomic E-state index is 13.5. The molecule has 32 heavy (non-hydrogen) atoms. The van der Waals surface area contributed by atoms with Crippen LogP contribution < -0.4 is 14.8 Å². The van der Waals surface area contributed by atoms with Gasteiger partial charge in [-0.1, -0.05) is 24.3 Å². The van der Waals surface area contributed by atoms with Gasteiger partial charge in [0, 0.05) is 12.6 Å². The molecule has 2 aromatic carbocycles. The fourth-order valence-electron chi connectivity index (χ4n) is 5.13. The molecule has 2 heterocycles. The van der Waals surface area contributed by atoms with Crippen molar-refractivity contribution in [1.29, 1.82) is 0 Å². The second-order valence-corrected chi connectivity index (χ2v) is 8.47. The van der Waals surface area contributed by atoms with Crippen molar-refractivity contribution < 1.29 is 32.2 Å². The minimum absolute atomic E-state index is 0.0467. The Kier molecular flexibility index (Phi) is 4.44. The monoisotopic (exact) mass is 446 g/mol. The molecule has 2 aliphatic heterocycles. The summed E-state index contributed by atoms with van der Waals surface area (Å²) in [5.41, 5.74) is 0.0186. The lowest BCUT2D eigenvalue weighted by atomic mass is 9.71. The van der Waals surface area contributed by atoms with Gasteiger partial charge in [0.25, 0.3) is 5.91 Å². The summed E-state index contributed by atoms with van der Waals surface area (Å²) >= 11 is 0. The Bertz CT molecular complexity index is 1090. The van der Waals surface area contributed by atoms with Crippen LogP contribution in [0.4, 0.5) is 18.0 Å². The average molecular weight is 446 g/mol. The molecule has 2 aromatic rings. The zero-order valence-corrected chi connectivity index (χ0v) is 17.3. The molecule has 6 nitrogen and oxygen atoms in total. The van der Waals surface area contributed by atoms with Gasteiger partial charge in [-0.3, -0.25) is 9.69 Å². The summed E-state index contributed by atoms with van der Waals surface area (Å²) in [7, 11) is 1.38. The molecule has 1 N–H and O–H groups in total. The number of hydrogen-bond acceptors (Lipinski definition) is 4. The number of rotatable bonds is 2. The van der Waals surface area contributed by atoms with Crippen molar-refractivity contribution in [3.63, 3.8) is 0 Å². The number of ether oxygens (including phenoxy) is 2. The first-order valence-corrected chi connectivity index (χ1v) is 10.4. The van der Waals surface area contributed by atoms with Gasteiger partial charge in [-0.05, 0) is 55.0 Å². The van der Waals surface area contributed by atoms with E-state index in [4.69, 9.17) is 9.47 Å². The standard InChI is InChI=1S/C23H21F3N2O4/c1-28-19(29)23(27-20(28)30)17-12-16(31-13-22(24,25)26)6-7-18(17)32-21(23)10-8-14-4-2-3-5-15(14)9-11-21/h2-7,12H,8-11,13H2,1H3,(H,27,30). The molecule has 0 aromatic heterocycles. The zero-order valence-electron chi connectivity index (χ0n) is 17.3. The van der Waals surface area contributed by atoms with Crippen LogP contribution in [0.5, 0.6) is 11.5 Å². The van der Waals surface area contributed by atoms with Gasteiger partial charge < -0.3 is 14.8 Å². The second kappa shape index (κ2) is 6.88. The van der Waals surface area contributed by atoms with Crippen LogP contribution in [0.1, 0.15) is 29.5 Å². The minimum atomic E-state index is -4.50. The van der Waals surface area contributed by atoms with Gasteiger partial charge in [0.1, 0.15) is 17.1 Å². The number of likely N-dealkylation sites (N-methyl/N-ethyl adjacent to an activating group) is 1. The van der Waals surface area contributed by atoms with Crippen LogP contribution in [0.15, 0.2) is 42.5 Å². The number of carbonyl (C=O) groups excluding carboxylic acids is 2. The van der Waals surface area contributed by atoms with Gasteiger partial charge in [0.15, 0.2) is 12.1 Å². The molecule has 3 amide bonds. The highest BCUT2D eigenvalue weighted by molar-refractivity contribution is 6.09. The van der Waals surface area contributed by atoms with Gasteiger partial charge in [0.05, 0.1) is 0 Å². The van der Waals surface area contributed by atoms with Gasteiger partial charge in [0.2, 0.25) is 0 Å². The lowest BCUT2D eigenvalue weighted by Gasteiger charge is -2.39. The third-order valence-corrected chi connectivity index (χ3v) is 6.69. The summed E-state index contributed by atoms with van der Waals surface area (Å²) in [6, 6.07) is 11.7. The number of benzene rings is 2. The van der Waals surface area contributed by atoms with Gasteiger partial charge in [-0.15, -0.1) is 0 Å². The zero-order chi connectivity index (χ0) is 22.7. The van der Waals surface area contributed by atoms with Crippen LogP contribution >= 0.6 is 0 Å². The topological polar surface area (TPSA) is 67.9 Å². The van der Waals surface area contributed by atoms with Crippen molar-refractivity contribution in [1.82, 2.24) is 10.2 Å². The highest BCUT2D eigenvalue weighted by Crippen LogP contribution is 2.56. The molecule has 0 bridgehead atoms. The molecule has 9 heteroatoms. The highest BCUT2D eigenvalue weighted by Gasteiger charge is 2.69. The van der Waals surface area contributed by atoms with E-state index in [-0.39, 0.29) is 5.75 Å². The van der Waals surface area contributed by atoms with E-state index in [1.165, 1.54) is 25.2 Å². The minimum Gasteiger partial charge on any atom is -0.484 e. The fourth-order valence-corrected chi connectivity index (χ4v) is 5.13. The first kappa shape index (κ1) is 20.7. The molecule has 0 saturated carbocycles. The van der Waals surface area contributed by atoms with Gasteiger partial charge >= 0.3 is 12.2 Å². The molecule has 0 radical (unpaired) electrons. The number of halogens is 3. The van der Waals surface area contributed by atoms with E-state index < -0.39 is 35.9 Å². The number of nitrogens with zero attached hydrogens (tertiary/aromatic N) is 1. The number of fused-ring (bicyclic) bond motifs is 4. The third kappa shape index (κ3) is 2.94. The van der Waals surface area contributed by atoms with Crippen LogP contribution in [-0.4, -0.2) is 42.3 Å². The molecular weight excluding hydrogens is 425 g/mol. The number of imide groups is 1. The summed E-state index contributed by atoms with van der Waals surface area (Å²) in [6.07, 6.45) is -2.32. The number of urea groups is 1. The van der Waals surface area contributed by atoms with E-state index in [1.54, 1.807) is 0 Å². The van der Waals surface area contributed by atoms with E-state index in [1.807, 2.05) is 24.3 Å². The predicted molar refractivity (Wildman–Crippen MR) is 107 cm³/mol. The maximum absolute atomic E-state index is 13.5. The van der Waals surface area contributed by atoms with Crippen molar-refractivity contribution in [3.8, 4) is 11.5 Å². The number of hydrogen-bond donors (Lipinski definition) is 1. The molecule has 1 unspecified atom stereocenters. The summed E-state index contributed by atoms with van der Waals surface area (Å²) in [5, 5.41) is 2.83. The second-order valence-electron chi connectivity index (χ2n) is 8.47. The normalized spacial score (nSPS) is 23.6. The van der Waals surface area contributed by atoms with Crippen molar-refractivity contribution in [2.45, 2.75) is 43.0 Å². The molecule has 2 spiro atoms. The Morgan fingerprint density at radius 3 is 2.31 bits per heavy atom. The van der Waals surface area contributed by atoms with Gasteiger partial charge in [-0.25, -0.2) is 4.79 Å². The molecular formula is C23H21F3N2O4. The largest absolute Gasteiger partial charge is 0.484 e. The van der Waals surface area contributed by atoms with Crippen LogP contribution in [0.25, 0.3) is 0 Å². The van der Waals surface area contributed by atoms with E-state index in [9.17, 15) is 22.8 Å². The van der Waals surface area contributed by atoms with E-state index in [0.717, 1.165) is 16.0 Å². The Labute approximate surface area is 182 Å². The third-order valence-electron chi connectivity index (χ3n) is 6.69. The first-order chi connectivity index (χ1) is 15.2. The molecule has 1 fully saturated rings. The number of amides is 3. The van der Waals surface area contributed by atoms with Crippen LogP contribution in [-0.2, 0) is 23.2 Å². The molecule has 1 aliphatic carbocycles. The molecule has 1 saturated heterocycles. The van der Waals surface area contributed by atoms with E-state index in [0.29, 0.717) is 37.0 Å². The summed E-state index contributed by atoms with van der Waals surface area (Å²) < 4.78 is 49.3. The van der Waals surface area contributed by atoms with E-state index >= 15 is 0 Å². The Morgan fingerprint density at radius 2 is 1.75 bits per heavy atom. The SMILES string of the molecule is CN1C(=O)NC2(C1=O)c1cc(OCC(F)(F)F)ccc1OC21CCc2ccccc2CC1. The van der Waals surface area contributed by atoms with Gasteiger partial charge in [-0.2, -0.15) is 13.2 Å². The predicted octanol–water partition coefficient (Wildman–Crippen LogP) is 3.71. The summed E-state index contributed by atoms with van der Waals surface area (Å²) in [6.45, 7) is -1.46. The van der Waals surface area contributed by atoms with Crippen molar-refractivity contribution in [2.75, 3.05) is 13.7 Å². The average Bonchev–Trinajstić information content (AvgIpc) is 3.05. The lowest BCUT2D eigenvalue weighted by molar-refractivity contribution is -0.153. The summed E-state index contributed by atoms with van der Waals surface area (Å²) in [5.74, 6) is -0.172. The van der Waals surface area contributed by atoms with Crippen molar-refractivity contribution in [2.24, 2.45) is 0 Å². The first-order valence-electron chi connectivity index (χ1n) is 10.4. The summed E-state index contributed by atoms with van der Waals surface area (Å²) in [4.78, 5) is 27.1. The molecule has 5 rings (SSSR count). The Hall–Kier alpha value is -3.23. The lowest BCUT2D eigenvalue weighted by Crippen LogP contribution is -2.61. The Morgan fingerprint density at radius 1 is 1.09 bits per heavy atom. The number of nitrogens with one attached hydrogen (secondary N) is 1. The van der Waals surface area contributed by atoms with Crippen molar-refractivity contribution in [3.05, 3.63) is 59.2 Å². The molecule has 168 valence electrons. The molecule has 1 atom stereocenters. The molecule has 3 aliphatic rings. The van der Waals surface area contributed by atoms with Crippen molar-refractivity contribution >= 4 is 11.9 Å². The quantitative estimate of drug-likeness (QED) is 0.715. The van der Waals surface area contributed by atoms with Crippen LogP contribution in [0.2, 0.25) is 0 Å². The van der Waals surface area contributed by atoms with Crippen LogP contribution in [0.3, 0.4) is 0 Å².